The average Bonchev–Trinajstić information content (AvgIpc) is 4.06. The van der Waals surface area contributed by atoms with E-state index in [0.717, 1.165) is 39.3 Å². The fourth-order valence-corrected chi connectivity index (χ4v) is 7.96. The van der Waals surface area contributed by atoms with Crippen LogP contribution in [0.4, 0.5) is 31.1 Å². The second-order valence-electron chi connectivity index (χ2n) is 22.1. The van der Waals surface area contributed by atoms with Crippen molar-refractivity contribution in [3.05, 3.63) is 143 Å². The Kier molecular flexibility index (Phi) is 20.1. The van der Waals surface area contributed by atoms with Gasteiger partial charge < -0.3 is 38.0 Å². The molecule has 4 aromatic carbocycles. The van der Waals surface area contributed by atoms with Crippen LogP contribution < -0.4 is 19.3 Å². The molecule has 0 aliphatic heterocycles. The summed E-state index contributed by atoms with van der Waals surface area (Å²) >= 11 is 18.4. The first kappa shape index (κ1) is 62.3. The summed E-state index contributed by atoms with van der Waals surface area (Å²) in [6, 6.07) is 35.7. The Morgan fingerprint density at radius 2 is 0.914 bits per heavy atom. The summed E-state index contributed by atoms with van der Waals surface area (Å²) < 4.78 is 33.9. The lowest BCUT2D eigenvalue weighted by atomic mass is 10.0. The number of carbonyl (C=O) groups excluding carboxylic acids is 4. The van der Waals surface area contributed by atoms with E-state index in [9.17, 15) is 19.2 Å². The van der Waals surface area contributed by atoms with E-state index in [1.165, 1.54) is 5.56 Å². The summed E-state index contributed by atoms with van der Waals surface area (Å²) in [5, 5.41) is 1.33. The number of nitrogens with one attached hydrogen (secondary N) is 1. The third-order valence-corrected chi connectivity index (χ3v) is 11.7. The Morgan fingerprint density at radius 3 is 1.32 bits per heavy atom. The fourth-order valence-electron chi connectivity index (χ4n) is 7.33. The number of imide groups is 2. The molecule has 21 heteroatoms. The largest absolute Gasteiger partial charge is 0.497 e. The summed E-state index contributed by atoms with van der Waals surface area (Å²) in [4.78, 5) is 72.5. The number of aromatic amines is 1. The number of aromatic nitrogens is 6. The quantitative estimate of drug-likeness (QED) is 0.0812. The number of halogens is 3. The molecule has 0 unspecified atom stereocenters. The number of fused-ring (bicyclic) bond motifs is 2. The van der Waals surface area contributed by atoms with Crippen molar-refractivity contribution < 1.29 is 47.6 Å². The number of methoxy groups -OCH3 is 2. The van der Waals surface area contributed by atoms with Crippen molar-refractivity contribution in [2.75, 3.05) is 24.0 Å². The van der Waals surface area contributed by atoms with Crippen molar-refractivity contribution in [1.29, 1.82) is 0 Å². The molecule has 4 aromatic heterocycles. The molecule has 0 aliphatic carbocycles. The molecule has 0 spiro atoms. The lowest BCUT2D eigenvalue weighted by Crippen LogP contribution is -2.44. The number of nitrogens with zero attached hydrogens (tertiary/aromatic N) is 7. The van der Waals surface area contributed by atoms with Gasteiger partial charge in [0.1, 0.15) is 55.5 Å². The topological polar surface area (TPSA) is 202 Å². The molecule has 0 aliphatic rings. The number of anilines is 2. The maximum absolute atomic E-state index is 13.1. The minimum Gasteiger partial charge on any atom is -0.497 e. The molecule has 0 atom stereocenters. The second-order valence-corrected chi connectivity index (χ2v) is 23.1. The normalized spacial score (nSPS) is 11.6. The number of carbonyl (C=O) groups is 4. The van der Waals surface area contributed by atoms with Gasteiger partial charge in [-0.1, -0.05) is 96.0 Å². The van der Waals surface area contributed by atoms with Crippen molar-refractivity contribution in [3.63, 3.8) is 0 Å². The molecule has 0 fully saturated rings. The molecular weight excluding hydrogens is 1100 g/mol. The summed E-state index contributed by atoms with van der Waals surface area (Å²) in [5.74, 6) is 1.74. The third kappa shape index (κ3) is 17.8. The smallest absolute Gasteiger partial charge is 0.427 e. The van der Waals surface area contributed by atoms with E-state index in [1.807, 2.05) is 89.6 Å². The minimum atomic E-state index is -0.969. The molecule has 1 N–H and O–H groups in total. The van der Waals surface area contributed by atoms with E-state index in [2.05, 4.69) is 43.1 Å². The molecule has 0 saturated heterocycles. The van der Waals surface area contributed by atoms with Crippen LogP contribution in [-0.4, -0.2) is 90.5 Å². The first-order valence-corrected chi connectivity index (χ1v) is 26.8. The second kappa shape index (κ2) is 26.1. The highest BCUT2D eigenvalue weighted by Crippen LogP contribution is 2.31. The Labute approximate surface area is 486 Å². The molecule has 4 heterocycles. The highest BCUT2D eigenvalue weighted by molar-refractivity contribution is 6.34. The number of hydrogen-bond donors (Lipinski definition) is 1. The van der Waals surface area contributed by atoms with E-state index in [-0.39, 0.29) is 22.2 Å². The van der Waals surface area contributed by atoms with Crippen LogP contribution in [0.3, 0.4) is 0 Å². The van der Waals surface area contributed by atoms with Gasteiger partial charge in [-0.25, -0.2) is 19.2 Å². The number of amides is 4. The SMILES string of the molecule is CC(C)(C)OC(=O)N(C(=O)OC(C)(C)C)c1nc(Cl)c2cc[nH]c2n1.COc1cccc(-c2ccc(CCl)cc2)c1.COc1cccc(-c2ccc(Cn3ccc4c(Cl)nc(N(C(=O)OC(C)(C)C)C(=O)OC(C)(C)C)nc43)cc2)c1. The van der Waals surface area contributed by atoms with Gasteiger partial charge in [-0.2, -0.15) is 19.9 Å². The van der Waals surface area contributed by atoms with Crippen LogP contribution in [0.5, 0.6) is 11.5 Å². The molecule has 81 heavy (non-hydrogen) atoms. The molecule has 8 rings (SSSR count). The van der Waals surface area contributed by atoms with Crippen LogP contribution in [0.25, 0.3) is 44.3 Å². The van der Waals surface area contributed by atoms with Crippen molar-refractivity contribution >= 4 is 93.1 Å². The monoisotopic (exact) mass is 1160 g/mol. The Bertz CT molecular complexity index is 3430. The first-order valence-electron chi connectivity index (χ1n) is 25.5. The number of benzene rings is 4. The molecular formula is C60H67Cl3N8O10. The standard InChI is InChI=1S/C30H33ClN4O5.C16H21ClN4O4.C14H13ClO/c1-29(2,3)39-27(36)35(28(37)40-30(4,5)6)26-32-24(31)23-15-16-34(25(23)33-26)18-19-11-13-20(14-12-19)21-9-8-10-22(17-21)38-7;1-15(2,3)24-13(22)21(14(23)25-16(4,5)6)12-19-10(17)9-7-8-18-11(9)20-12;1-16-14-4-2-3-13(9-14)12-7-5-11(10-15)6-8-12/h8-17H,18H2,1-7H3;7-8H,1-6H3,(H,18,19,20);2-9H,10H2,1H3. The Morgan fingerprint density at radius 1 is 0.506 bits per heavy atom. The van der Waals surface area contributed by atoms with Crippen molar-refractivity contribution in [1.82, 2.24) is 29.5 Å². The fraction of sp³-hybridized carbons (Fsp3) is 0.333. The number of ether oxygens (including phenoxy) is 6. The zero-order chi connectivity index (χ0) is 59.6. The predicted molar refractivity (Wildman–Crippen MR) is 317 cm³/mol. The summed E-state index contributed by atoms with van der Waals surface area (Å²) in [5.41, 5.74) is 4.01. The van der Waals surface area contributed by atoms with Gasteiger partial charge in [0.05, 0.1) is 25.0 Å². The highest BCUT2D eigenvalue weighted by atomic mass is 35.5. The van der Waals surface area contributed by atoms with Crippen molar-refractivity contribution in [3.8, 4) is 33.8 Å². The lowest BCUT2D eigenvalue weighted by Gasteiger charge is -2.27. The van der Waals surface area contributed by atoms with Crippen molar-refractivity contribution in [2.24, 2.45) is 0 Å². The van der Waals surface area contributed by atoms with Gasteiger partial charge in [0.15, 0.2) is 0 Å². The van der Waals surface area contributed by atoms with Gasteiger partial charge in [-0.3, -0.25) is 0 Å². The lowest BCUT2D eigenvalue weighted by molar-refractivity contribution is 0.0405. The maximum Gasteiger partial charge on any atom is 0.427 e. The van der Waals surface area contributed by atoms with Crippen LogP contribution >= 0.6 is 34.8 Å². The van der Waals surface area contributed by atoms with Gasteiger partial charge in [0.25, 0.3) is 0 Å². The van der Waals surface area contributed by atoms with E-state index >= 15 is 0 Å². The van der Waals surface area contributed by atoms with Gasteiger partial charge in [-0.15, -0.1) is 21.4 Å². The van der Waals surface area contributed by atoms with Crippen LogP contribution in [0.1, 0.15) is 94.2 Å². The van der Waals surface area contributed by atoms with E-state index < -0.39 is 46.8 Å². The van der Waals surface area contributed by atoms with Crippen LogP contribution in [0.2, 0.25) is 10.3 Å². The number of rotatable bonds is 9. The minimum absolute atomic E-state index is 0.0873. The molecule has 0 bridgehead atoms. The van der Waals surface area contributed by atoms with Crippen LogP contribution in [0.15, 0.2) is 122 Å². The summed E-state index contributed by atoms with van der Waals surface area (Å²) in [6.45, 7) is 20.7. The number of hydrogen-bond acceptors (Lipinski definition) is 14. The van der Waals surface area contributed by atoms with Crippen molar-refractivity contribution in [2.45, 2.75) is 118 Å². The predicted octanol–water partition coefficient (Wildman–Crippen LogP) is 15.9. The molecule has 428 valence electrons. The number of H-pyrrole nitrogens is 1. The van der Waals surface area contributed by atoms with Gasteiger partial charge in [0, 0.05) is 24.8 Å². The van der Waals surface area contributed by atoms with Gasteiger partial charge >= 0.3 is 24.4 Å². The van der Waals surface area contributed by atoms with Gasteiger partial charge in [-0.05, 0) is 153 Å². The van der Waals surface area contributed by atoms with Gasteiger partial charge in [0.2, 0.25) is 11.9 Å². The molecule has 0 radical (unpaired) electrons. The van der Waals surface area contributed by atoms with E-state index in [0.29, 0.717) is 44.3 Å². The average molecular weight is 1170 g/mol. The number of alkyl halides is 1. The molecule has 0 saturated carbocycles. The zero-order valence-corrected chi connectivity index (χ0v) is 50.1. The molecule has 4 amide bonds. The highest BCUT2D eigenvalue weighted by Gasteiger charge is 2.37. The van der Waals surface area contributed by atoms with Crippen LogP contribution in [-0.2, 0) is 31.4 Å². The molecule has 18 nitrogen and oxygen atoms in total. The third-order valence-electron chi connectivity index (χ3n) is 10.8. The summed E-state index contributed by atoms with van der Waals surface area (Å²) in [6.07, 6.45) is -0.393. The van der Waals surface area contributed by atoms with Crippen LogP contribution in [0, 0.1) is 0 Å². The molecule has 8 aromatic rings. The van der Waals surface area contributed by atoms with E-state index in [1.54, 1.807) is 116 Å². The Balaban J connectivity index is 0.000000218. The Hall–Kier alpha value is -7.93. The van der Waals surface area contributed by atoms with E-state index in [4.69, 9.17) is 63.2 Å². The maximum atomic E-state index is 13.1. The first-order chi connectivity index (χ1) is 37.9. The zero-order valence-electron chi connectivity index (χ0n) is 47.8. The summed E-state index contributed by atoms with van der Waals surface area (Å²) in [7, 11) is 3.32.